The van der Waals surface area contributed by atoms with Crippen molar-refractivity contribution in [1.29, 1.82) is 0 Å². The van der Waals surface area contributed by atoms with Crippen LogP contribution in [0.5, 0.6) is 0 Å². The molecule has 42 heavy (non-hydrogen) atoms. The Morgan fingerprint density at radius 2 is 1.64 bits per heavy atom. The summed E-state index contributed by atoms with van der Waals surface area (Å²) in [6.45, 7) is 2.23. The number of carbonyl (C=O) groups is 1. The third-order valence-corrected chi connectivity index (χ3v) is 12.2. The number of fused-ring (bicyclic) bond motifs is 1. The molecule has 1 aromatic heterocycles. The SMILES string of the molecule is O=C(O)c1cn(C2CC2)c2cc(N3CCN(C=[SH]c4ccc(CC(P(=O)(O)O)P(=O)(O)O)cc4)CC3)c(F)cc2c1=O. The molecular weight excluding hydrogens is 611 g/mol. The number of benzene rings is 2. The van der Waals surface area contributed by atoms with Gasteiger partial charge >= 0.3 is 21.2 Å². The van der Waals surface area contributed by atoms with Gasteiger partial charge in [-0.15, -0.1) is 0 Å². The van der Waals surface area contributed by atoms with Gasteiger partial charge in [-0.1, -0.05) is 12.1 Å². The predicted molar refractivity (Wildman–Crippen MR) is 159 cm³/mol. The number of thiol groups is 1. The minimum atomic E-state index is -5.00. The van der Waals surface area contributed by atoms with Gasteiger partial charge in [0.25, 0.3) is 0 Å². The summed E-state index contributed by atoms with van der Waals surface area (Å²) in [7, 11) is -10.0. The summed E-state index contributed by atoms with van der Waals surface area (Å²) in [4.78, 5) is 66.5. The molecule has 1 aliphatic carbocycles. The van der Waals surface area contributed by atoms with E-state index in [1.807, 2.05) is 10.4 Å². The maximum atomic E-state index is 15.2. The van der Waals surface area contributed by atoms with Crippen molar-refractivity contribution in [2.45, 2.75) is 35.6 Å². The number of pyridine rings is 1. The van der Waals surface area contributed by atoms with Crippen molar-refractivity contribution in [2.75, 3.05) is 31.1 Å². The number of rotatable bonds is 9. The second-order valence-corrected chi connectivity index (χ2v) is 15.4. The molecule has 0 atom stereocenters. The van der Waals surface area contributed by atoms with Crippen LogP contribution >= 0.6 is 26.5 Å². The number of carboxylic acid groups (broad SMARTS) is 1. The van der Waals surface area contributed by atoms with Gasteiger partial charge in [-0.3, -0.25) is 18.8 Å². The van der Waals surface area contributed by atoms with E-state index in [2.05, 4.69) is 4.90 Å². The quantitative estimate of drug-likeness (QED) is 0.115. The summed E-state index contributed by atoms with van der Waals surface area (Å²) in [5.41, 5.74) is 2.17. The minimum absolute atomic E-state index is 0.0545. The Kier molecular flexibility index (Phi) is 8.63. The van der Waals surface area contributed by atoms with Crippen LogP contribution in [0.15, 0.2) is 52.3 Å². The van der Waals surface area contributed by atoms with Crippen LogP contribution in [-0.2, 0) is 15.6 Å². The van der Waals surface area contributed by atoms with Gasteiger partial charge < -0.3 is 34.1 Å². The van der Waals surface area contributed by atoms with Gasteiger partial charge in [0, 0.05) is 49.3 Å². The van der Waals surface area contributed by atoms with E-state index in [9.17, 15) is 43.4 Å². The second kappa shape index (κ2) is 11.8. The fourth-order valence-corrected chi connectivity index (χ4v) is 8.31. The normalized spacial score (nSPS) is 17.2. The maximum absolute atomic E-state index is 15.2. The molecule has 5 N–H and O–H groups in total. The highest BCUT2D eigenvalue weighted by molar-refractivity contribution is 7.97. The van der Waals surface area contributed by atoms with Crippen LogP contribution in [-0.4, -0.2) is 77.2 Å². The summed E-state index contributed by atoms with van der Waals surface area (Å²) >= 11 is 0.831. The largest absolute Gasteiger partial charge is 0.477 e. The molecule has 2 heterocycles. The highest BCUT2D eigenvalue weighted by Gasteiger charge is 2.43. The zero-order valence-electron chi connectivity index (χ0n) is 22.2. The van der Waals surface area contributed by atoms with E-state index in [4.69, 9.17) is 0 Å². The van der Waals surface area contributed by atoms with E-state index >= 15 is 4.39 Å². The summed E-state index contributed by atoms with van der Waals surface area (Å²) < 4.78 is 40.1. The molecule has 0 spiro atoms. The molecule has 1 saturated heterocycles. The van der Waals surface area contributed by atoms with Gasteiger partial charge in [0.2, 0.25) is 5.43 Å². The third-order valence-electron chi connectivity index (χ3n) is 7.43. The lowest BCUT2D eigenvalue weighted by molar-refractivity contribution is 0.0694. The molecule has 0 radical (unpaired) electrons. The van der Waals surface area contributed by atoms with Crippen molar-refractivity contribution in [2.24, 2.45) is 0 Å². The van der Waals surface area contributed by atoms with Gasteiger partial charge in [0.1, 0.15) is 11.4 Å². The molecule has 12 nitrogen and oxygen atoms in total. The first kappa shape index (κ1) is 30.8. The van der Waals surface area contributed by atoms with E-state index in [1.165, 1.54) is 6.20 Å². The fraction of sp³-hybridized carbons (Fsp3) is 0.346. The van der Waals surface area contributed by atoms with Crippen LogP contribution in [0.4, 0.5) is 10.1 Å². The van der Waals surface area contributed by atoms with Crippen LogP contribution in [0.2, 0.25) is 0 Å². The number of aromatic carboxylic acids is 1. The van der Waals surface area contributed by atoms with Crippen molar-refractivity contribution in [1.82, 2.24) is 9.47 Å². The molecular formula is C26H30FN3O9P2S. The standard InChI is InChI=1S/C26H30FN3O9P2S/c27-21-12-19-22(30(17-3-4-17)14-20(25(19)31)26(32)33)13-23(21)29-9-7-28(8-10-29)15-42-18-5-1-16(2-6-18)11-24(40(34,35)36)41(37,38)39/h1-2,5-6,12-15,17,24,42H,3-4,7-11H2,(H,32,33)(H2,34,35,36)(H2,37,38,39). The molecule has 0 amide bonds. The summed E-state index contributed by atoms with van der Waals surface area (Å²) in [6, 6.07) is 9.46. The maximum Gasteiger partial charge on any atom is 0.341 e. The van der Waals surface area contributed by atoms with E-state index < -0.39 is 44.2 Å². The lowest BCUT2D eigenvalue weighted by Gasteiger charge is -2.34. The smallest absolute Gasteiger partial charge is 0.341 e. The third kappa shape index (κ3) is 6.77. The summed E-state index contributed by atoms with van der Waals surface area (Å²) in [5, 5.41) is 7.41. The molecule has 226 valence electrons. The molecule has 1 aliphatic heterocycles. The Morgan fingerprint density at radius 3 is 2.19 bits per heavy atom. The van der Waals surface area contributed by atoms with E-state index in [-0.39, 0.29) is 17.0 Å². The molecule has 0 unspecified atom stereocenters. The highest BCUT2D eigenvalue weighted by Crippen LogP contribution is 2.60. The fourth-order valence-electron chi connectivity index (χ4n) is 5.00. The topological polar surface area (TPSA) is 181 Å². The van der Waals surface area contributed by atoms with Gasteiger partial charge in [0.15, 0.2) is 5.40 Å². The molecule has 0 bridgehead atoms. The monoisotopic (exact) mass is 641 g/mol. The van der Waals surface area contributed by atoms with E-state index in [0.29, 0.717) is 42.9 Å². The first-order valence-corrected chi connectivity index (χ1v) is 17.4. The minimum Gasteiger partial charge on any atom is -0.477 e. The van der Waals surface area contributed by atoms with Crippen LogP contribution in [0.1, 0.15) is 34.8 Å². The summed E-state index contributed by atoms with van der Waals surface area (Å²) in [6.07, 6.45) is 2.63. The molecule has 2 aliphatic rings. The van der Waals surface area contributed by atoms with Crippen molar-refractivity contribution in [3.63, 3.8) is 0 Å². The number of anilines is 1. The van der Waals surface area contributed by atoms with Crippen molar-refractivity contribution >= 4 is 54.6 Å². The molecule has 2 aromatic carbocycles. The lowest BCUT2D eigenvalue weighted by atomic mass is 10.1. The van der Waals surface area contributed by atoms with E-state index in [0.717, 1.165) is 35.2 Å². The van der Waals surface area contributed by atoms with Crippen LogP contribution < -0.4 is 10.3 Å². The van der Waals surface area contributed by atoms with Crippen LogP contribution in [0.3, 0.4) is 0 Å². The first-order chi connectivity index (χ1) is 19.7. The number of carboxylic acids is 1. The molecule has 5 rings (SSSR count). The molecule has 2 fully saturated rings. The Labute approximate surface area is 243 Å². The average Bonchev–Trinajstić information content (AvgIpc) is 3.76. The van der Waals surface area contributed by atoms with Crippen LogP contribution in [0, 0.1) is 5.82 Å². The van der Waals surface area contributed by atoms with E-state index in [1.54, 1.807) is 34.9 Å². The first-order valence-electron chi connectivity index (χ1n) is 13.1. The lowest BCUT2D eigenvalue weighted by Crippen LogP contribution is -2.45. The van der Waals surface area contributed by atoms with Gasteiger partial charge in [-0.2, -0.15) is 11.4 Å². The van der Waals surface area contributed by atoms with Crippen molar-refractivity contribution in [3.8, 4) is 0 Å². The number of nitrogens with zero attached hydrogens (tertiary/aromatic N) is 3. The van der Waals surface area contributed by atoms with Gasteiger partial charge in [-0.05, 0) is 54.0 Å². The molecule has 3 aromatic rings. The Bertz CT molecular complexity index is 1690. The Hall–Kier alpha value is -2.67. The Morgan fingerprint density at radius 1 is 1.02 bits per heavy atom. The summed E-state index contributed by atoms with van der Waals surface area (Å²) in [5.74, 6) is -1.92. The number of hydrogen-bond acceptors (Lipinski definition) is 5. The number of aromatic nitrogens is 1. The zero-order chi connectivity index (χ0) is 30.4. The average molecular weight is 642 g/mol. The zero-order valence-corrected chi connectivity index (χ0v) is 24.8. The van der Waals surface area contributed by atoms with Crippen LogP contribution in [0.25, 0.3) is 10.9 Å². The van der Waals surface area contributed by atoms with Gasteiger partial charge in [-0.25, -0.2) is 9.18 Å². The number of piperazine rings is 1. The van der Waals surface area contributed by atoms with Crippen molar-refractivity contribution < 1.29 is 43.0 Å². The molecule has 16 heteroatoms. The highest BCUT2D eigenvalue weighted by atomic mass is 32.1. The van der Waals surface area contributed by atoms with Crippen molar-refractivity contribution in [3.05, 3.63) is 69.8 Å². The Balaban J connectivity index is 1.26. The molecule has 1 saturated carbocycles. The van der Waals surface area contributed by atoms with Gasteiger partial charge in [0.05, 0.1) is 11.2 Å². The number of hydrogen-bond donors (Lipinski definition) is 6. The predicted octanol–water partition coefficient (Wildman–Crippen LogP) is 2.80. The second-order valence-electron chi connectivity index (χ2n) is 10.4. The number of halogens is 1.